The third kappa shape index (κ3) is 3.79. The van der Waals surface area contributed by atoms with Gasteiger partial charge in [-0.3, -0.25) is 9.97 Å². The van der Waals surface area contributed by atoms with E-state index in [1.165, 1.54) is 5.56 Å². The van der Waals surface area contributed by atoms with Crippen molar-refractivity contribution in [2.24, 2.45) is 0 Å². The molecule has 0 amide bonds. The molecular formula is C23H23N6+. The quantitative estimate of drug-likeness (QED) is 0.584. The summed E-state index contributed by atoms with van der Waals surface area (Å²) in [6, 6.07) is 16.4. The Bertz CT molecular complexity index is 1090. The van der Waals surface area contributed by atoms with Crippen molar-refractivity contribution in [3.8, 4) is 11.4 Å². The van der Waals surface area contributed by atoms with E-state index >= 15 is 0 Å². The fourth-order valence-corrected chi connectivity index (χ4v) is 3.93. The summed E-state index contributed by atoms with van der Waals surface area (Å²) in [6.45, 7) is 5.18. The number of piperazine rings is 1. The van der Waals surface area contributed by atoms with E-state index in [4.69, 9.17) is 9.97 Å². The van der Waals surface area contributed by atoms with Gasteiger partial charge in [-0.25, -0.2) is 9.97 Å². The molecule has 0 saturated carbocycles. The first-order valence-corrected chi connectivity index (χ1v) is 10.0. The molecule has 0 bridgehead atoms. The predicted octanol–water partition coefficient (Wildman–Crippen LogP) is 1.99. The van der Waals surface area contributed by atoms with Crippen molar-refractivity contribution in [2.45, 2.75) is 6.54 Å². The van der Waals surface area contributed by atoms with Crippen molar-refractivity contribution in [2.75, 3.05) is 31.1 Å². The van der Waals surface area contributed by atoms with Gasteiger partial charge in [0.25, 0.3) is 0 Å². The van der Waals surface area contributed by atoms with E-state index in [-0.39, 0.29) is 0 Å². The molecule has 1 aromatic carbocycles. The topological polar surface area (TPSA) is 59.2 Å². The van der Waals surface area contributed by atoms with Crippen LogP contribution in [-0.4, -0.2) is 46.1 Å². The summed E-state index contributed by atoms with van der Waals surface area (Å²) >= 11 is 0. The second-order valence-electron chi connectivity index (χ2n) is 7.40. The van der Waals surface area contributed by atoms with E-state index in [0.29, 0.717) is 0 Å². The standard InChI is InChI=1S/C23H22N6/c1-2-6-21-20(5-1)23(27-22(26-21)19-4-3-9-25-16-19)29-14-12-28(13-15-29)17-18-7-10-24-11-8-18/h1-11,16H,12-15,17H2/p+1. The van der Waals surface area contributed by atoms with Crippen LogP contribution in [0, 0.1) is 0 Å². The Morgan fingerprint density at radius 2 is 1.66 bits per heavy atom. The highest BCUT2D eigenvalue weighted by atomic mass is 15.3. The molecule has 6 heteroatoms. The van der Waals surface area contributed by atoms with Crippen LogP contribution < -0.4 is 9.80 Å². The molecule has 0 unspecified atom stereocenters. The minimum absolute atomic E-state index is 0.735. The lowest BCUT2D eigenvalue weighted by molar-refractivity contribution is -0.914. The first-order chi connectivity index (χ1) is 14.4. The number of hydrogen-bond acceptors (Lipinski definition) is 5. The molecule has 1 N–H and O–H groups in total. The summed E-state index contributed by atoms with van der Waals surface area (Å²) in [5.41, 5.74) is 3.26. The highest BCUT2D eigenvalue weighted by molar-refractivity contribution is 5.91. The molecule has 5 rings (SSSR count). The average Bonchev–Trinajstić information content (AvgIpc) is 2.80. The van der Waals surface area contributed by atoms with Crippen LogP contribution in [0.3, 0.4) is 0 Å². The maximum absolute atomic E-state index is 4.96. The number of quaternary nitrogens is 1. The molecule has 0 atom stereocenters. The lowest BCUT2D eigenvalue weighted by Crippen LogP contribution is -3.13. The van der Waals surface area contributed by atoms with Crippen LogP contribution in [0.1, 0.15) is 5.56 Å². The van der Waals surface area contributed by atoms with Crippen LogP contribution >= 0.6 is 0 Å². The van der Waals surface area contributed by atoms with Gasteiger partial charge in [-0.2, -0.15) is 0 Å². The largest absolute Gasteiger partial charge is 0.345 e. The normalized spacial score (nSPS) is 15.0. The fourth-order valence-electron chi connectivity index (χ4n) is 3.93. The minimum Gasteiger partial charge on any atom is -0.345 e. The molecule has 6 nitrogen and oxygen atoms in total. The van der Waals surface area contributed by atoms with Gasteiger partial charge in [-0.05, 0) is 36.4 Å². The molecule has 0 aliphatic carbocycles. The van der Waals surface area contributed by atoms with E-state index in [2.05, 4.69) is 45.2 Å². The van der Waals surface area contributed by atoms with Crippen LogP contribution in [0.25, 0.3) is 22.3 Å². The molecule has 0 radical (unpaired) electrons. The SMILES string of the molecule is c1cncc(-c2nc(N3CC[NH+](Cc4ccncc4)CC3)c3ccccc3n2)c1. The number of fused-ring (bicyclic) bond motifs is 1. The Hall–Kier alpha value is -3.38. The van der Waals surface area contributed by atoms with Gasteiger partial charge in [0, 0.05) is 41.3 Å². The average molecular weight is 383 g/mol. The van der Waals surface area contributed by atoms with Crippen molar-refractivity contribution >= 4 is 16.7 Å². The lowest BCUT2D eigenvalue weighted by atomic mass is 10.1. The Kier molecular flexibility index (Phi) is 4.84. The molecule has 4 aromatic rings. The first kappa shape index (κ1) is 17.7. The Morgan fingerprint density at radius 1 is 0.828 bits per heavy atom. The molecule has 144 valence electrons. The fraction of sp³-hybridized carbons (Fsp3) is 0.217. The van der Waals surface area contributed by atoms with Crippen molar-refractivity contribution in [1.82, 2.24) is 19.9 Å². The van der Waals surface area contributed by atoms with Gasteiger partial charge in [0.05, 0.1) is 31.7 Å². The number of para-hydroxylation sites is 1. The molecule has 4 heterocycles. The summed E-state index contributed by atoms with van der Waals surface area (Å²) in [7, 11) is 0. The monoisotopic (exact) mass is 383 g/mol. The van der Waals surface area contributed by atoms with Crippen molar-refractivity contribution in [3.05, 3.63) is 78.9 Å². The minimum atomic E-state index is 0.735. The number of rotatable bonds is 4. The third-order valence-electron chi connectivity index (χ3n) is 5.48. The highest BCUT2D eigenvalue weighted by Gasteiger charge is 2.23. The highest BCUT2D eigenvalue weighted by Crippen LogP contribution is 2.27. The van der Waals surface area contributed by atoms with Gasteiger partial charge < -0.3 is 9.80 Å². The number of nitrogens with zero attached hydrogens (tertiary/aromatic N) is 5. The second-order valence-corrected chi connectivity index (χ2v) is 7.40. The van der Waals surface area contributed by atoms with E-state index in [9.17, 15) is 0 Å². The van der Waals surface area contributed by atoms with Crippen molar-refractivity contribution in [3.63, 3.8) is 0 Å². The molecule has 1 saturated heterocycles. The molecule has 1 aliphatic rings. The number of hydrogen-bond donors (Lipinski definition) is 1. The zero-order valence-electron chi connectivity index (χ0n) is 16.2. The Labute approximate surface area is 169 Å². The second kappa shape index (κ2) is 7.93. The predicted molar refractivity (Wildman–Crippen MR) is 114 cm³/mol. The van der Waals surface area contributed by atoms with Crippen LogP contribution in [0.4, 0.5) is 5.82 Å². The molecule has 0 spiro atoms. The van der Waals surface area contributed by atoms with E-state index in [1.807, 2.05) is 36.8 Å². The summed E-state index contributed by atoms with van der Waals surface area (Å²) in [4.78, 5) is 22.1. The van der Waals surface area contributed by atoms with Crippen LogP contribution in [-0.2, 0) is 6.54 Å². The third-order valence-corrected chi connectivity index (χ3v) is 5.48. The zero-order valence-corrected chi connectivity index (χ0v) is 16.2. The number of anilines is 1. The number of benzene rings is 1. The Balaban J connectivity index is 1.41. The number of aromatic nitrogens is 4. The zero-order chi connectivity index (χ0) is 19.5. The van der Waals surface area contributed by atoms with E-state index < -0.39 is 0 Å². The van der Waals surface area contributed by atoms with Crippen molar-refractivity contribution < 1.29 is 4.90 Å². The smallest absolute Gasteiger partial charge is 0.163 e. The van der Waals surface area contributed by atoms with E-state index in [1.54, 1.807) is 11.1 Å². The summed E-state index contributed by atoms with van der Waals surface area (Å²) in [5, 5.41) is 1.11. The Morgan fingerprint density at radius 3 is 2.45 bits per heavy atom. The number of pyridine rings is 2. The van der Waals surface area contributed by atoms with Crippen molar-refractivity contribution in [1.29, 1.82) is 0 Å². The van der Waals surface area contributed by atoms with Gasteiger partial charge in [-0.1, -0.05) is 12.1 Å². The summed E-state index contributed by atoms with van der Waals surface area (Å²) in [5.74, 6) is 1.76. The maximum atomic E-state index is 4.96. The summed E-state index contributed by atoms with van der Waals surface area (Å²) < 4.78 is 0. The van der Waals surface area contributed by atoms with Crippen LogP contribution in [0.15, 0.2) is 73.3 Å². The van der Waals surface area contributed by atoms with Gasteiger partial charge in [0.15, 0.2) is 5.82 Å². The summed E-state index contributed by atoms with van der Waals surface area (Å²) in [6.07, 6.45) is 7.34. The van der Waals surface area contributed by atoms with Crippen LogP contribution in [0.5, 0.6) is 0 Å². The maximum Gasteiger partial charge on any atom is 0.163 e. The van der Waals surface area contributed by atoms with Gasteiger partial charge in [-0.15, -0.1) is 0 Å². The van der Waals surface area contributed by atoms with Gasteiger partial charge in [0.1, 0.15) is 12.4 Å². The molecular weight excluding hydrogens is 360 g/mol. The van der Waals surface area contributed by atoms with Gasteiger partial charge >= 0.3 is 0 Å². The molecule has 29 heavy (non-hydrogen) atoms. The molecule has 1 fully saturated rings. The molecule has 1 aliphatic heterocycles. The van der Waals surface area contributed by atoms with Gasteiger partial charge in [0.2, 0.25) is 0 Å². The van der Waals surface area contributed by atoms with E-state index in [0.717, 1.165) is 60.8 Å². The van der Waals surface area contributed by atoms with Crippen LogP contribution in [0.2, 0.25) is 0 Å². The number of nitrogens with one attached hydrogen (secondary N) is 1. The lowest BCUT2D eigenvalue weighted by Gasteiger charge is -2.33. The first-order valence-electron chi connectivity index (χ1n) is 10.0. The molecule has 3 aromatic heterocycles.